The van der Waals surface area contributed by atoms with Gasteiger partial charge in [0.15, 0.2) is 0 Å². The molecule has 0 saturated heterocycles. The first kappa shape index (κ1) is 17.0. The number of rotatable bonds is 7. The molecule has 1 atom stereocenters. The van der Waals surface area contributed by atoms with Crippen molar-refractivity contribution in [3.63, 3.8) is 0 Å². The Balaban J connectivity index is 2.61. The molecule has 0 aliphatic heterocycles. The van der Waals surface area contributed by atoms with E-state index in [1.54, 1.807) is 0 Å². The van der Waals surface area contributed by atoms with Crippen LogP contribution in [0.4, 0.5) is 0 Å². The maximum absolute atomic E-state index is 6.14. The highest BCUT2D eigenvalue weighted by molar-refractivity contribution is 5.27. The second kappa shape index (κ2) is 7.68. The van der Waals surface area contributed by atoms with E-state index in [-0.39, 0.29) is 11.6 Å². The van der Waals surface area contributed by atoms with E-state index in [4.69, 9.17) is 4.74 Å². The fourth-order valence-electron chi connectivity index (χ4n) is 2.02. The third kappa shape index (κ3) is 6.42. The van der Waals surface area contributed by atoms with E-state index in [2.05, 4.69) is 71.1 Å². The molecule has 1 N–H and O–H groups in total. The van der Waals surface area contributed by atoms with Gasteiger partial charge in [0, 0.05) is 12.1 Å². The molecule has 1 unspecified atom stereocenters. The monoisotopic (exact) mass is 277 g/mol. The molecule has 0 heterocycles. The van der Waals surface area contributed by atoms with Gasteiger partial charge in [-0.25, -0.2) is 0 Å². The molecule has 0 amide bonds. The van der Waals surface area contributed by atoms with Crippen LogP contribution in [0.15, 0.2) is 24.3 Å². The Bertz CT molecular complexity index is 375. The molecule has 0 fully saturated rings. The lowest BCUT2D eigenvalue weighted by molar-refractivity contribution is 0.139. The Kier molecular flexibility index (Phi) is 6.54. The average molecular weight is 277 g/mol. The fourth-order valence-corrected chi connectivity index (χ4v) is 2.02. The minimum Gasteiger partial charge on any atom is -0.489 e. The summed E-state index contributed by atoms with van der Waals surface area (Å²) in [6.45, 7) is 14.0. The van der Waals surface area contributed by atoms with Crippen LogP contribution in [0.2, 0.25) is 0 Å². The number of hydrogen-bond donors (Lipinski definition) is 1. The zero-order chi connectivity index (χ0) is 15.2. The van der Waals surface area contributed by atoms with Crippen molar-refractivity contribution in [3.05, 3.63) is 29.8 Å². The summed E-state index contributed by atoms with van der Waals surface area (Å²) in [5.74, 6) is 1.46. The predicted molar refractivity (Wildman–Crippen MR) is 87.4 cm³/mol. The van der Waals surface area contributed by atoms with Crippen LogP contribution in [0.1, 0.15) is 53.5 Å². The van der Waals surface area contributed by atoms with E-state index in [1.807, 2.05) is 0 Å². The minimum atomic E-state index is 0.126. The van der Waals surface area contributed by atoms with E-state index < -0.39 is 0 Å². The standard InChI is InChI=1S/C18H31NO/c1-7-8-15-9-11-16(12-10-15)20-17(14(2)3)13-19-18(4,5)6/h9-12,14,17,19H,7-8,13H2,1-6H3. The summed E-state index contributed by atoms with van der Waals surface area (Å²) < 4.78 is 6.14. The lowest BCUT2D eigenvalue weighted by Gasteiger charge is -2.28. The molecule has 0 aliphatic rings. The molecule has 0 bridgehead atoms. The van der Waals surface area contributed by atoms with Crippen molar-refractivity contribution in [2.45, 2.75) is 66.0 Å². The number of hydrogen-bond acceptors (Lipinski definition) is 2. The lowest BCUT2D eigenvalue weighted by atomic mass is 10.0. The Morgan fingerprint density at radius 1 is 1.10 bits per heavy atom. The largest absolute Gasteiger partial charge is 0.489 e. The minimum absolute atomic E-state index is 0.126. The van der Waals surface area contributed by atoms with Crippen LogP contribution in [-0.2, 0) is 6.42 Å². The van der Waals surface area contributed by atoms with Gasteiger partial charge in [0.25, 0.3) is 0 Å². The molecule has 1 aromatic rings. The second-order valence-electron chi connectivity index (χ2n) is 6.93. The van der Waals surface area contributed by atoms with Gasteiger partial charge in [-0.1, -0.05) is 39.3 Å². The van der Waals surface area contributed by atoms with Crippen LogP contribution < -0.4 is 10.1 Å². The second-order valence-corrected chi connectivity index (χ2v) is 6.93. The number of aryl methyl sites for hydroxylation is 1. The first-order valence-corrected chi connectivity index (χ1v) is 7.82. The van der Waals surface area contributed by atoms with Gasteiger partial charge in [0.05, 0.1) is 0 Å². The highest BCUT2D eigenvalue weighted by Crippen LogP contribution is 2.18. The Labute approximate surface area is 124 Å². The number of ether oxygens (including phenoxy) is 1. The molecule has 2 nitrogen and oxygen atoms in total. The number of nitrogens with one attached hydrogen (secondary N) is 1. The molecule has 0 aliphatic carbocycles. The molecular weight excluding hydrogens is 246 g/mol. The summed E-state index contributed by atoms with van der Waals surface area (Å²) in [4.78, 5) is 0. The van der Waals surface area contributed by atoms with Gasteiger partial charge in [0.2, 0.25) is 0 Å². The van der Waals surface area contributed by atoms with Gasteiger partial charge in [-0.15, -0.1) is 0 Å². The molecule has 2 heteroatoms. The zero-order valence-electron chi connectivity index (χ0n) is 14.0. The van der Waals surface area contributed by atoms with E-state index >= 15 is 0 Å². The van der Waals surface area contributed by atoms with Crippen molar-refractivity contribution in [1.82, 2.24) is 5.32 Å². The maximum atomic E-state index is 6.14. The van der Waals surface area contributed by atoms with Crippen LogP contribution >= 0.6 is 0 Å². The van der Waals surface area contributed by atoms with E-state index in [0.29, 0.717) is 5.92 Å². The van der Waals surface area contributed by atoms with Gasteiger partial charge in [-0.2, -0.15) is 0 Å². The highest BCUT2D eigenvalue weighted by atomic mass is 16.5. The summed E-state index contributed by atoms with van der Waals surface area (Å²) in [7, 11) is 0. The van der Waals surface area contributed by atoms with Crippen molar-refractivity contribution >= 4 is 0 Å². The Morgan fingerprint density at radius 3 is 2.15 bits per heavy atom. The summed E-state index contributed by atoms with van der Waals surface area (Å²) >= 11 is 0. The molecule has 20 heavy (non-hydrogen) atoms. The van der Waals surface area contributed by atoms with Crippen LogP contribution in [0.5, 0.6) is 5.75 Å². The lowest BCUT2D eigenvalue weighted by Crippen LogP contribution is -2.44. The zero-order valence-corrected chi connectivity index (χ0v) is 14.0. The van der Waals surface area contributed by atoms with E-state index in [0.717, 1.165) is 18.7 Å². The van der Waals surface area contributed by atoms with Gasteiger partial charge in [-0.3, -0.25) is 0 Å². The van der Waals surface area contributed by atoms with Crippen molar-refractivity contribution in [2.75, 3.05) is 6.54 Å². The van der Waals surface area contributed by atoms with E-state index in [1.165, 1.54) is 12.0 Å². The van der Waals surface area contributed by atoms with Gasteiger partial charge >= 0.3 is 0 Å². The first-order chi connectivity index (χ1) is 9.31. The SMILES string of the molecule is CCCc1ccc(OC(CNC(C)(C)C)C(C)C)cc1. The van der Waals surface area contributed by atoms with E-state index in [9.17, 15) is 0 Å². The normalized spacial score (nSPS) is 13.6. The molecule has 0 spiro atoms. The summed E-state index contributed by atoms with van der Waals surface area (Å²) in [5.41, 5.74) is 1.51. The smallest absolute Gasteiger partial charge is 0.119 e. The number of benzene rings is 1. The Morgan fingerprint density at radius 2 is 1.70 bits per heavy atom. The average Bonchev–Trinajstić information content (AvgIpc) is 2.35. The van der Waals surface area contributed by atoms with Crippen LogP contribution in [0.3, 0.4) is 0 Å². The summed E-state index contributed by atoms with van der Waals surface area (Å²) in [6, 6.07) is 8.54. The predicted octanol–water partition coefficient (Wildman–Crippen LogP) is 4.43. The third-order valence-corrected chi connectivity index (χ3v) is 3.33. The van der Waals surface area contributed by atoms with Crippen LogP contribution in [0, 0.1) is 5.92 Å². The first-order valence-electron chi connectivity index (χ1n) is 7.82. The van der Waals surface area contributed by atoms with Crippen molar-refractivity contribution in [3.8, 4) is 5.75 Å². The molecule has 0 radical (unpaired) electrons. The van der Waals surface area contributed by atoms with Crippen molar-refractivity contribution < 1.29 is 4.74 Å². The van der Waals surface area contributed by atoms with Crippen LogP contribution in [0.25, 0.3) is 0 Å². The van der Waals surface area contributed by atoms with Gasteiger partial charge in [0.1, 0.15) is 11.9 Å². The Hall–Kier alpha value is -1.02. The van der Waals surface area contributed by atoms with Crippen molar-refractivity contribution in [1.29, 1.82) is 0 Å². The molecular formula is C18H31NO. The van der Waals surface area contributed by atoms with Gasteiger partial charge < -0.3 is 10.1 Å². The molecule has 0 aromatic heterocycles. The summed E-state index contributed by atoms with van der Waals surface area (Å²) in [5, 5.41) is 3.53. The fraction of sp³-hybridized carbons (Fsp3) is 0.667. The highest BCUT2D eigenvalue weighted by Gasteiger charge is 2.18. The molecule has 0 saturated carbocycles. The van der Waals surface area contributed by atoms with Crippen molar-refractivity contribution in [2.24, 2.45) is 5.92 Å². The van der Waals surface area contributed by atoms with Gasteiger partial charge in [-0.05, 0) is 50.8 Å². The topological polar surface area (TPSA) is 21.3 Å². The summed E-state index contributed by atoms with van der Waals surface area (Å²) in [6.07, 6.45) is 2.52. The maximum Gasteiger partial charge on any atom is 0.119 e. The molecule has 114 valence electrons. The quantitative estimate of drug-likeness (QED) is 0.796. The molecule has 1 aromatic carbocycles. The molecule has 1 rings (SSSR count). The van der Waals surface area contributed by atoms with Crippen LogP contribution in [-0.4, -0.2) is 18.2 Å². The third-order valence-electron chi connectivity index (χ3n) is 3.33.